The Morgan fingerprint density at radius 2 is 2.00 bits per heavy atom. The predicted octanol–water partition coefficient (Wildman–Crippen LogP) is 3.76. The van der Waals surface area contributed by atoms with Gasteiger partial charge in [0.1, 0.15) is 6.29 Å². The van der Waals surface area contributed by atoms with Gasteiger partial charge in [-0.15, -0.1) is 5.10 Å². The van der Waals surface area contributed by atoms with E-state index in [9.17, 15) is 18.0 Å². The van der Waals surface area contributed by atoms with E-state index >= 15 is 0 Å². The molecular formula is C22H19F3N6O2. The first-order valence-corrected chi connectivity index (χ1v) is 10.2. The Morgan fingerprint density at radius 3 is 2.70 bits per heavy atom. The van der Waals surface area contributed by atoms with Crippen LogP contribution < -0.4 is 10.3 Å². The molecule has 1 aromatic heterocycles. The second-order valence-electron chi connectivity index (χ2n) is 7.70. The molecule has 0 unspecified atom stereocenters. The highest BCUT2D eigenvalue weighted by Gasteiger charge is 2.38. The van der Waals surface area contributed by atoms with Crippen LogP contribution >= 0.6 is 0 Å². The number of allylic oxidation sites excluding steroid dienone is 3. The molecule has 0 bridgehead atoms. The van der Waals surface area contributed by atoms with Gasteiger partial charge in [-0.05, 0) is 24.3 Å². The Bertz CT molecular complexity index is 1220. The summed E-state index contributed by atoms with van der Waals surface area (Å²) in [7, 11) is 0. The van der Waals surface area contributed by atoms with Crippen LogP contribution in [-0.4, -0.2) is 40.0 Å². The number of likely N-dealkylation sites (tertiary alicyclic amines) is 1. The Kier molecular flexibility index (Phi) is 4.95. The molecule has 0 atom stereocenters. The average molecular weight is 456 g/mol. The first-order chi connectivity index (χ1) is 15.9. The molecule has 2 aromatic rings. The molecule has 0 spiro atoms. The van der Waals surface area contributed by atoms with Crippen molar-refractivity contribution in [2.45, 2.75) is 19.1 Å². The number of nitrogens with one attached hydrogen (secondary N) is 1. The number of halogens is 3. The normalized spacial score (nSPS) is 20.4. The van der Waals surface area contributed by atoms with Gasteiger partial charge < -0.3 is 14.5 Å². The molecule has 4 heterocycles. The number of aldehydes is 1. The number of carbonyl (C=O) groups excluding carboxylic acids is 1. The van der Waals surface area contributed by atoms with Crippen molar-refractivity contribution in [2.75, 3.05) is 18.0 Å². The van der Waals surface area contributed by atoms with E-state index in [1.807, 2.05) is 4.90 Å². The molecule has 8 nitrogen and oxygen atoms in total. The topological polar surface area (TPSA) is 75.0 Å². The number of rotatable bonds is 4. The standard InChI is InChI=1S/C22H19F3N6O2/c1-14-27-28-21(33-14)16-7-9-30(18-6-3-2-5-17(18)22(23,24)25)19-11-26-31(20(16)19)15-12-29(13-15)8-4-10-32/h2-11,15,28H,12-13H2,1H3/b8-4?,21-16+. The number of fused-ring (bicyclic) bond motifs is 1. The predicted molar refractivity (Wildman–Crippen MR) is 115 cm³/mol. The van der Waals surface area contributed by atoms with Gasteiger partial charge in [-0.25, -0.2) is 5.43 Å². The number of hydrazone groups is 1. The second kappa shape index (κ2) is 7.84. The number of alkyl halides is 3. The number of hydrogen-bond acceptors (Lipinski definition) is 7. The number of aromatic nitrogens is 2. The van der Waals surface area contributed by atoms with Gasteiger partial charge in [0.2, 0.25) is 11.8 Å². The summed E-state index contributed by atoms with van der Waals surface area (Å²) in [5.74, 6) is 0.810. The molecular weight excluding hydrogens is 437 g/mol. The Morgan fingerprint density at radius 1 is 1.21 bits per heavy atom. The lowest BCUT2D eigenvalue weighted by Gasteiger charge is -2.39. The zero-order valence-electron chi connectivity index (χ0n) is 17.5. The SMILES string of the molecule is CC1=NN/C(=C2/C=CN(c3ccccc3C(F)(F)F)c3cnn(C4CN(C=CC=O)C4)c32)O1. The van der Waals surface area contributed by atoms with Crippen LogP contribution in [0.15, 0.2) is 66.0 Å². The average Bonchev–Trinajstić information content (AvgIpc) is 3.38. The van der Waals surface area contributed by atoms with Crippen molar-refractivity contribution in [3.8, 4) is 0 Å². The summed E-state index contributed by atoms with van der Waals surface area (Å²) < 4.78 is 48.6. The van der Waals surface area contributed by atoms with Gasteiger partial charge in [0, 0.05) is 32.4 Å². The molecule has 1 saturated heterocycles. The van der Waals surface area contributed by atoms with E-state index in [1.165, 1.54) is 23.1 Å². The molecule has 1 aromatic carbocycles. The zero-order chi connectivity index (χ0) is 23.2. The third-order valence-electron chi connectivity index (χ3n) is 5.57. The van der Waals surface area contributed by atoms with Crippen molar-refractivity contribution in [1.29, 1.82) is 0 Å². The summed E-state index contributed by atoms with van der Waals surface area (Å²) in [6.07, 6.45) is 4.12. The molecule has 1 fully saturated rings. The van der Waals surface area contributed by atoms with Gasteiger partial charge in [-0.3, -0.25) is 9.48 Å². The Labute approximate surface area is 186 Å². The number of hydrogen-bond donors (Lipinski definition) is 1. The summed E-state index contributed by atoms with van der Waals surface area (Å²) in [5, 5.41) is 8.56. The quantitative estimate of drug-likeness (QED) is 0.558. The summed E-state index contributed by atoms with van der Waals surface area (Å²) in [4.78, 5) is 14.0. The Hall–Kier alpha value is -4.02. The highest BCUT2D eigenvalue weighted by Crippen LogP contribution is 2.45. The van der Waals surface area contributed by atoms with Gasteiger partial charge >= 0.3 is 6.18 Å². The molecule has 3 aliphatic heterocycles. The van der Waals surface area contributed by atoms with Crippen LogP contribution in [0.4, 0.5) is 24.5 Å². The number of nitrogens with zero attached hydrogens (tertiary/aromatic N) is 5. The van der Waals surface area contributed by atoms with Crippen LogP contribution in [0.3, 0.4) is 0 Å². The molecule has 0 amide bonds. The maximum absolute atomic E-state index is 13.7. The first-order valence-electron chi connectivity index (χ1n) is 10.2. The lowest BCUT2D eigenvalue weighted by molar-refractivity contribution is -0.137. The van der Waals surface area contributed by atoms with E-state index in [2.05, 4.69) is 15.6 Å². The third kappa shape index (κ3) is 3.65. The van der Waals surface area contributed by atoms with E-state index in [-0.39, 0.29) is 11.7 Å². The Balaban J connectivity index is 1.59. The van der Waals surface area contributed by atoms with Gasteiger partial charge in [-0.2, -0.15) is 18.3 Å². The van der Waals surface area contributed by atoms with Gasteiger partial charge in [0.25, 0.3) is 0 Å². The molecule has 5 rings (SSSR count). The highest BCUT2D eigenvalue weighted by molar-refractivity contribution is 5.90. The van der Waals surface area contributed by atoms with Gasteiger partial charge in [-0.1, -0.05) is 12.1 Å². The number of para-hydroxylation sites is 1. The molecule has 0 aliphatic carbocycles. The number of anilines is 2. The lowest BCUT2D eigenvalue weighted by Crippen LogP contribution is -2.45. The lowest BCUT2D eigenvalue weighted by atomic mass is 10.0. The minimum absolute atomic E-state index is 0.00276. The minimum Gasteiger partial charge on any atom is -0.423 e. The monoisotopic (exact) mass is 456 g/mol. The molecule has 170 valence electrons. The van der Waals surface area contributed by atoms with E-state index in [4.69, 9.17) is 4.74 Å². The van der Waals surface area contributed by atoms with E-state index in [0.29, 0.717) is 48.1 Å². The smallest absolute Gasteiger partial charge is 0.418 e. The van der Waals surface area contributed by atoms with Gasteiger partial charge in [0.05, 0.1) is 40.4 Å². The van der Waals surface area contributed by atoms with Crippen molar-refractivity contribution < 1.29 is 22.7 Å². The summed E-state index contributed by atoms with van der Waals surface area (Å²) in [5.41, 5.74) is 3.83. The molecule has 0 saturated carbocycles. The molecule has 3 aliphatic rings. The van der Waals surface area contributed by atoms with Crippen LogP contribution in [0.5, 0.6) is 0 Å². The maximum Gasteiger partial charge on any atom is 0.418 e. The van der Waals surface area contributed by atoms with E-state index in [0.717, 1.165) is 6.07 Å². The fraction of sp³-hybridized carbons (Fsp3) is 0.227. The molecule has 0 radical (unpaired) electrons. The second-order valence-corrected chi connectivity index (χ2v) is 7.70. The first kappa shape index (κ1) is 20.9. The van der Waals surface area contributed by atoms with Crippen molar-refractivity contribution in [3.63, 3.8) is 0 Å². The van der Waals surface area contributed by atoms with Crippen LogP contribution in [0.2, 0.25) is 0 Å². The van der Waals surface area contributed by atoms with Crippen molar-refractivity contribution >= 4 is 29.1 Å². The third-order valence-corrected chi connectivity index (χ3v) is 5.57. The zero-order valence-corrected chi connectivity index (χ0v) is 17.5. The van der Waals surface area contributed by atoms with Gasteiger partial charge in [0.15, 0.2) is 0 Å². The molecule has 1 N–H and O–H groups in total. The highest BCUT2D eigenvalue weighted by atomic mass is 19.4. The van der Waals surface area contributed by atoms with Crippen LogP contribution in [0, 0.1) is 0 Å². The summed E-state index contributed by atoms with van der Waals surface area (Å²) in [6.45, 7) is 2.90. The van der Waals surface area contributed by atoms with Crippen molar-refractivity contribution in [1.82, 2.24) is 20.1 Å². The van der Waals surface area contributed by atoms with Crippen LogP contribution in [0.1, 0.15) is 24.2 Å². The summed E-state index contributed by atoms with van der Waals surface area (Å²) >= 11 is 0. The van der Waals surface area contributed by atoms with Crippen molar-refractivity contribution in [2.24, 2.45) is 5.10 Å². The number of benzene rings is 1. The summed E-state index contributed by atoms with van der Waals surface area (Å²) in [6, 6.07) is 5.39. The van der Waals surface area contributed by atoms with Crippen LogP contribution in [-0.2, 0) is 15.7 Å². The molecule has 11 heteroatoms. The minimum atomic E-state index is -4.51. The van der Waals surface area contributed by atoms with E-state index in [1.54, 1.807) is 42.3 Å². The van der Waals surface area contributed by atoms with E-state index < -0.39 is 11.7 Å². The van der Waals surface area contributed by atoms with Crippen LogP contribution in [0.25, 0.3) is 5.57 Å². The van der Waals surface area contributed by atoms with Crippen molar-refractivity contribution in [3.05, 3.63) is 72.2 Å². The number of ether oxygens (including phenoxy) is 1. The largest absolute Gasteiger partial charge is 0.423 e. The molecule has 33 heavy (non-hydrogen) atoms. The fourth-order valence-corrected chi connectivity index (χ4v) is 4.05. The maximum atomic E-state index is 13.7. The fourth-order valence-electron chi connectivity index (χ4n) is 4.05. The number of carbonyl (C=O) groups is 1.